The van der Waals surface area contributed by atoms with Crippen LogP contribution in [0.25, 0.3) is 15.9 Å². The lowest BCUT2D eigenvalue weighted by Crippen LogP contribution is -2.33. The summed E-state index contributed by atoms with van der Waals surface area (Å²) in [5.74, 6) is 0.0251. The van der Waals surface area contributed by atoms with Crippen molar-refractivity contribution < 1.29 is 4.79 Å². The van der Waals surface area contributed by atoms with Crippen molar-refractivity contribution in [2.24, 2.45) is 0 Å². The molecule has 0 saturated heterocycles. The maximum Gasteiger partial charge on any atom is 0.229 e. The smallest absolute Gasteiger partial charge is 0.229 e. The van der Waals surface area contributed by atoms with Gasteiger partial charge in [0.05, 0.1) is 16.4 Å². The third-order valence-electron chi connectivity index (χ3n) is 6.20. The van der Waals surface area contributed by atoms with Crippen molar-refractivity contribution in [2.75, 3.05) is 11.4 Å². The van der Waals surface area contributed by atoms with Crippen LogP contribution in [0.4, 0.5) is 5.13 Å². The molecule has 0 atom stereocenters. The van der Waals surface area contributed by atoms with Crippen molar-refractivity contribution in [3.63, 3.8) is 0 Å². The van der Waals surface area contributed by atoms with Gasteiger partial charge in [0.15, 0.2) is 10.8 Å². The van der Waals surface area contributed by atoms with Gasteiger partial charge in [0.1, 0.15) is 11.6 Å². The lowest BCUT2D eigenvalue weighted by molar-refractivity contribution is -0.118. The minimum atomic E-state index is 0.0251. The van der Waals surface area contributed by atoms with Gasteiger partial charge in [-0.3, -0.25) is 9.69 Å². The summed E-state index contributed by atoms with van der Waals surface area (Å²) in [5.41, 5.74) is 5.77. The summed E-state index contributed by atoms with van der Waals surface area (Å²) in [7, 11) is 0. The number of amides is 1. The van der Waals surface area contributed by atoms with Gasteiger partial charge in [-0.05, 0) is 49.9 Å². The van der Waals surface area contributed by atoms with E-state index in [4.69, 9.17) is 4.98 Å². The molecule has 0 aliphatic rings. The lowest BCUT2D eigenvalue weighted by atomic mass is 10.1. The second kappa shape index (κ2) is 9.65. The SMILES string of the molecule is Cc1nc2c(C#N)cnn2c(C)c1CCC(=O)N(CCc1ccccc1)c1nc2ccccc2s1. The maximum absolute atomic E-state index is 13.6. The Morgan fingerprint density at radius 3 is 2.60 bits per heavy atom. The number of nitriles is 1. The third-order valence-corrected chi connectivity index (χ3v) is 7.26. The molecule has 0 unspecified atom stereocenters. The number of benzene rings is 2. The number of carbonyl (C=O) groups excluding carboxylic acids is 1. The Balaban J connectivity index is 1.41. The summed E-state index contributed by atoms with van der Waals surface area (Å²) < 4.78 is 2.75. The first-order chi connectivity index (χ1) is 17.0. The Morgan fingerprint density at radius 1 is 1.06 bits per heavy atom. The number of carbonyl (C=O) groups is 1. The van der Waals surface area contributed by atoms with E-state index < -0.39 is 0 Å². The molecule has 2 aromatic carbocycles. The number of rotatable bonds is 7. The van der Waals surface area contributed by atoms with Crippen LogP contribution in [0.3, 0.4) is 0 Å². The van der Waals surface area contributed by atoms with Crippen molar-refractivity contribution >= 4 is 38.2 Å². The molecule has 0 N–H and O–H groups in total. The molecular formula is C27H24N6OS. The van der Waals surface area contributed by atoms with Crippen LogP contribution >= 0.6 is 11.3 Å². The molecule has 8 heteroatoms. The maximum atomic E-state index is 13.6. The number of aryl methyl sites for hydroxylation is 2. The second-order valence-corrected chi connectivity index (χ2v) is 9.42. The Labute approximate surface area is 207 Å². The predicted octanol–water partition coefficient (Wildman–Crippen LogP) is 5.04. The van der Waals surface area contributed by atoms with E-state index in [0.717, 1.165) is 38.7 Å². The Hall–Kier alpha value is -4.09. The average molecular weight is 481 g/mol. The molecule has 0 saturated carbocycles. The fourth-order valence-electron chi connectivity index (χ4n) is 4.31. The highest BCUT2D eigenvalue weighted by Crippen LogP contribution is 2.29. The van der Waals surface area contributed by atoms with Gasteiger partial charge in [-0.1, -0.05) is 53.8 Å². The quantitative estimate of drug-likeness (QED) is 0.326. The predicted molar refractivity (Wildman–Crippen MR) is 138 cm³/mol. The molecule has 0 bridgehead atoms. The van der Waals surface area contributed by atoms with Crippen molar-refractivity contribution in [3.8, 4) is 6.07 Å². The van der Waals surface area contributed by atoms with Gasteiger partial charge in [-0.15, -0.1) is 0 Å². The Bertz CT molecular complexity index is 1530. The molecule has 174 valence electrons. The summed E-state index contributed by atoms with van der Waals surface area (Å²) in [6.45, 7) is 4.43. The number of aromatic nitrogens is 4. The summed E-state index contributed by atoms with van der Waals surface area (Å²) in [6.07, 6.45) is 3.14. The van der Waals surface area contributed by atoms with Crippen LogP contribution in [-0.2, 0) is 17.6 Å². The average Bonchev–Trinajstić information content (AvgIpc) is 3.48. The number of para-hydroxylation sites is 1. The van der Waals surface area contributed by atoms with E-state index in [1.807, 2.05) is 61.2 Å². The molecule has 0 radical (unpaired) electrons. The van der Waals surface area contributed by atoms with Gasteiger partial charge in [0.25, 0.3) is 0 Å². The molecule has 0 spiro atoms. The molecule has 5 aromatic rings. The fraction of sp³-hybridized carbons (Fsp3) is 0.222. The normalized spacial score (nSPS) is 11.1. The van der Waals surface area contributed by atoms with Crippen LogP contribution in [0.1, 0.15) is 34.5 Å². The molecule has 3 aromatic heterocycles. The highest BCUT2D eigenvalue weighted by atomic mass is 32.1. The Morgan fingerprint density at radius 2 is 1.83 bits per heavy atom. The van der Waals surface area contributed by atoms with Gasteiger partial charge in [0, 0.05) is 24.4 Å². The van der Waals surface area contributed by atoms with E-state index >= 15 is 0 Å². The van der Waals surface area contributed by atoms with Crippen molar-refractivity contribution in [1.82, 2.24) is 19.6 Å². The first-order valence-corrected chi connectivity index (χ1v) is 12.3. The van der Waals surface area contributed by atoms with Gasteiger partial charge in [-0.2, -0.15) is 10.4 Å². The zero-order valence-electron chi connectivity index (χ0n) is 19.6. The molecule has 35 heavy (non-hydrogen) atoms. The summed E-state index contributed by atoms with van der Waals surface area (Å²) in [6, 6.07) is 20.3. The monoisotopic (exact) mass is 480 g/mol. The first kappa shape index (κ1) is 22.7. The summed E-state index contributed by atoms with van der Waals surface area (Å²) >= 11 is 1.54. The summed E-state index contributed by atoms with van der Waals surface area (Å²) in [4.78, 5) is 24.7. The van der Waals surface area contributed by atoms with Crippen LogP contribution < -0.4 is 4.90 Å². The van der Waals surface area contributed by atoms with E-state index in [-0.39, 0.29) is 5.91 Å². The van der Waals surface area contributed by atoms with Crippen LogP contribution in [0.2, 0.25) is 0 Å². The standard InChI is InChI=1S/C27H24N6OS/c1-18-22(19(2)33-26(30-18)21(16-28)17-29-33)12-13-25(34)32(15-14-20-8-4-3-5-9-20)27-31-23-10-6-7-11-24(23)35-27/h3-11,17H,12-15H2,1-2H3. The highest BCUT2D eigenvalue weighted by Gasteiger charge is 2.21. The van der Waals surface area contributed by atoms with E-state index in [9.17, 15) is 10.1 Å². The van der Waals surface area contributed by atoms with E-state index in [2.05, 4.69) is 28.3 Å². The molecular weight excluding hydrogens is 456 g/mol. The van der Waals surface area contributed by atoms with Crippen LogP contribution in [-0.4, -0.2) is 32.0 Å². The third kappa shape index (κ3) is 4.51. The van der Waals surface area contributed by atoms with Gasteiger partial charge >= 0.3 is 0 Å². The molecule has 0 aliphatic heterocycles. The zero-order valence-corrected chi connectivity index (χ0v) is 20.4. The largest absolute Gasteiger partial charge is 0.288 e. The molecule has 3 heterocycles. The molecule has 7 nitrogen and oxygen atoms in total. The van der Waals surface area contributed by atoms with Gasteiger partial charge in [0.2, 0.25) is 5.91 Å². The van der Waals surface area contributed by atoms with E-state index in [0.29, 0.717) is 30.6 Å². The minimum Gasteiger partial charge on any atom is -0.288 e. The molecule has 0 fully saturated rings. The van der Waals surface area contributed by atoms with Crippen molar-refractivity contribution in [2.45, 2.75) is 33.1 Å². The number of hydrogen-bond acceptors (Lipinski definition) is 6. The highest BCUT2D eigenvalue weighted by molar-refractivity contribution is 7.22. The van der Waals surface area contributed by atoms with Gasteiger partial charge < -0.3 is 0 Å². The van der Waals surface area contributed by atoms with Crippen molar-refractivity contribution in [1.29, 1.82) is 5.26 Å². The van der Waals surface area contributed by atoms with Crippen molar-refractivity contribution in [3.05, 3.63) is 88.9 Å². The van der Waals surface area contributed by atoms with Crippen LogP contribution in [0.5, 0.6) is 0 Å². The zero-order chi connectivity index (χ0) is 24.4. The fourth-order valence-corrected chi connectivity index (χ4v) is 5.32. The number of fused-ring (bicyclic) bond motifs is 2. The number of thiazole rings is 1. The second-order valence-electron chi connectivity index (χ2n) is 8.41. The topological polar surface area (TPSA) is 87.2 Å². The molecule has 1 amide bonds. The molecule has 0 aliphatic carbocycles. The lowest BCUT2D eigenvalue weighted by Gasteiger charge is -2.20. The van der Waals surface area contributed by atoms with E-state index in [1.165, 1.54) is 11.8 Å². The number of nitrogens with zero attached hydrogens (tertiary/aromatic N) is 6. The summed E-state index contributed by atoms with van der Waals surface area (Å²) in [5, 5.41) is 14.3. The van der Waals surface area contributed by atoms with Gasteiger partial charge in [-0.25, -0.2) is 14.5 Å². The van der Waals surface area contributed by atoms with Crippen LogP contribution in [0.15, 0.2) is 60.8 Å². The minimum absolute atomic E-state index is 0.0251. The molecule has 5 rings (SSSR count). The van der Waals surface area contributed by atoms with E-state index in [1.54, 1.807) is 15.9 Å². The van der Waals surface area contributed by atoms with Crippen LogP contribution in [0, 0.1) is 25.2 Å². The Kier molecular flexibility index (Phi) is 6.25. The number of hydrogen-bond donors (Lipinski definition) is 0. The first-order valence-electron chi connectivity index (χ1n) is 11.5. The number of anilines is 1.